The Morgan fingerprint density at radius 3 is 2.58 bits per heavy atom. The van der Waals surface area contributed by atoms with Crippen molar-refractivity contribution < 1.29 is 8.81 Å². The van der Waals surface area contributed by atoms with Crippen LogP contribution in [-0.4, -0.2) is 9.97 Å². The highest BCUT2D eigenvalue weighted by Crippen LogP contribution is 2.13. The molecule has 0 amide bonds. The Morgan fingerprint density at radius 2 is 2.00 bits per heavy atom. The fraction of sp³-hybridized carbons (Fsp3) is 0. The largest absolute Gasteiger partial charge is 0.461 e. The molecule has 0 atom stereocenters. The van der Waals surface area contributed by atoms with E-state index in [4.69, 9.17) is 4.42 Å². The molecule has 60 valence electrons. The molecule has 0 radical (unpaired) electrons. The Morgan fingerprint density at radius 1 is 1.25 bits per heavy atom. The second-order valence-electron chi connectivity index (χ2n) is 2.20. The third-order valence-electron chi connectivity index (χ3n) is 1.36. The van der Waals surface area contributed by atoms with Crippen LogP contribution in [0.5, 0.6) is 0 Å². The second kappa shape index (κ2) is 2.73. The lowest BCUT2D eigenvalue weighted by Gasteiger charge is -1.92. The number of nitrogens with zero attached hydrogens (tertiary/aromatic N) is 2. The van der Waals surface area contributed by atoms with Crippen LogP contribution in [0.1, 0.15) is 0 Å². The monoisotopic (exact) mass is 164 g/mol. The topological polar surface area (TPSA) is 38.9 Å². The summed E-state index contributed by atoms with van der Waals surface area (Å²) in [6, 6.07) is 3.44. The van der Waals surface area contributed by atoms with Crippen molar-refractivity contribution in [3.05, 3.63) is 36.6 Å². The number of halogens is 1. The van der Waals surface area contributed by atoms with Gasteiger partial charge in [-0.25, -0.2) is 14.4 Å². The van der Waals surface area contributed by atoms with Gasteiger partial charge in [-0.2, -0.15) is 0 Å². The zero-order valence-electron chi connectivity index (χ0n) is 6.07. The molecule has 2 aromatic heterocycles. The van der Waals surface area contributed by atoms with Crippen molar-refractivity contribution in [2.45, 2.75) is 0 Å². The smallest absolute Gasteiger partial charge is 0.195 e. The molecular weight excluding hydrogens is 159 g/mol. The highest BCUT2D eigenvalue weighted by molar-refractivity contribution is 5.44. The van der Waals surface area contributed by atoms with Gasteiger partial charge in [0.1, 0.15) is 0 Å². The fourth-order valence-electron chi connectivity index (χ4n) is 0.845. The average Bonchev–Trinajstić information content (AvgIpc) is 2.58. The van der Waals surface area contributed by atoms with Crippen molar-refractivity contribution in [1.29, 1.82) is 0 Å². The first-order valence-electron chi connectivity index (χ1n) is 3.38. The first-order valence-corrected chi connectivity index (χ1v) is 3.38. The lowest BCUT2D eigenvalue weighted by Crippen LogP contribution is -1.87. The van der Waals surface area contributed by atoms with Crippen molar-refractivity contribution in [3.8, 4) is 11.6 Å². The first-order chi connectivity index (χ1) is 5.86. The van der Waals surface area contributed by atoms with E-state index >= 15 is 0 Å². The number of aromatic nitrogens is 2. The van der Waals surface area contributed by atoms with E-state index in [0.29, 0.717) is 11.6 Å². The van der Waals surface area contributed by atoms with Crippen molar-refractivity contribution >= 4 is 0 Å². The third kappa shape index (κ3) is 1.18. The molecule has 2 heterocycles. The first kappa shape index (κ1) is 6.97. The Labute approximate surface area is 67.9 Å². The highest BCUT2D eigenvalue weighted by Gasteiger charge is 2.02. The van der Waals surface area contributed by atoms with Crippen molar-refractivity contribution in [3.63, 3.8) is 0 Å². The molecule has 0 aliphatic carbocycles. The molecule has 0 spiro atoms. The van der Waals surface area contributed by atoms with Gasteiger partial charge in [0, 0.05) is 0 Å². The summed E-state index contributed by atoms with van der Waals surface area (Å²) < 4.78 is 17.4. The van der Waals surface area contributed by atoms with Gasteiger partial charge in [0.15, 0.2) is 17.4 Å². The van der Waals surface area contributed by atoms with E-state index in [1.807, 2.05) is 0 Å². The van der Waals surface area contributed by atoms with Crippen LogP contribution in [0.2, 0.25) is 0 Å². The van der Waals surface area contributed by atoms with Gasteiger partial charge >= 0.3 is 0 Å². The summed E-state index contributed by atoms with van der Waals surface area (Å²) in [7, 11) is 0. The SMILES string of the molecule is Fc1cnc(-c2ccco2)nc1. The summed E-state index contributed by atoms with van der Waals surface area (Å²) in [4.78, 5) is 7.48. The second-order valence-corrected chi connectivity index (χ2v) is 2.20. The van der Waals surface area contributed by atoms with Crippen molar-refractivity contribution in [2.75, 3.05) is 0 Å². The Kier molecular flexibility index (Phi) is 1.59. The number of furan rings is 1. The third-order valence-corrected chi connectivity index (χ3v) is 1.36. The molecular formula is C8H5FN2O. The van der Waals surface area contributed by atoms with Crippen LogP contribution in [0.3, 0.4) is 0 Å². The Hall–Kier alpha value is -1.71. The summed E-state index contributed by atoms with van der Waals surface area (Å²) in [6.45, 7) is 0. The number of hydrogen-bond donors (Lipinski definition) is 0. The maximum absolute atomic E-state index is 12.4. The van der Waals surface area contributed by atoms with Gasteiger partial charge < -0.3 is 4.42 Å². The molecule has 2 rings (SSSR count). The molecule has 0 bridgehead atoms. The summed E-state index contributed by atoms with van der Waals surface area (Å²) >= 11 is 0. The zero-order chi connectivity index (χ0) is 8.39. The quantitative estimate of drug-likeness (QED) is 0.645. The molecule has 0 saturated heterocycles. The molecule has 0 aromatic carbocycles. The van der Waals surface area contributed by atoms with Gasteiger partial charge in [-0.05, 0) is 12.1 Å². The van der Waals surface area contributed by atoms with E-state index in [1.54, 1.807) is 12.1 Å². The van der Waals surface area contributed by atoms with Gasteiger partial charge in [0.2, 0.25) is 0 Å². The van der Waals surface area contributed by atoms with Gasteiger partial charge in [0.05, 0.1) is 18.7 Å². The molecule has 0 unspecified atom stereocenters. The number of hydrogen-bond acceptors (Lipinski definition) is 3. The van der Waals surface area contributed by atoms with E-state index in [2.05, 4.69) is 9.97 Å². The van der Waals surface area contributed by atoms with Crippen molar-refractivity contribution in [2.24, 2.45) is 0 Å². The maximum Gasteiger partial charge on any atom is 0.195 e. The minimum atomic E-state index is -0.453. The van der Waals surface area contributed by atoms with Gasteiger partial charge in [-0.3, -0.25) is 0 Å². The predicted molar refractivity (Wildman–Crippen MR) is 39.7 cm³/mol. The molecule has 0 aliphatic heterocycles. The summed E-state index contributed by atoms with van der Waals surface area (Å²) in [6.07, 6.45) is 3.72. The van der Waals surface area contributed by atoms with Crippen LogP contribution >= 0.6 is 0 Å². The van der Waals surface area contributed by atoms with E-state index in [1.165, 1.54) is 6.26 Å². The van der Waals surface area contributed by atoms with Gasteiger partial charge in [-0.15, -0.1) is 0 Å². The average molecular weight is 164 g/mol. The van der Waals surface area contributed by atoms with Gasteiger partial charge in [-0.1, -0.05) is 0 Å². The van der Waals surface area contributed by atoms with Crippen LogP contribution in [0.4, 0.5) is 4.39 Å². The van der Waals surface area contributed by atoms with E-state index in [0.717, 1.165) is 12.4 Å². The maximum atomic E-state index is 12.4. The molecule has 12 heavy (non-hydrogen) atoms. The van der Waals surface area contributed by atoms with Crippen LogP contribution in [-0.2, 0) is 0 Å². The Balaban J connectivity index is 2.43. The molecule has 0 fully saturated rings. The van der Waals surface area contributed by atoms with Crippen LogP contribution in [0.15, 0.2) is 35.2 Å². The minimum Gasteiger partial charge on any atom is -0.461 e. The summed E-state index contributed by atoms with van der Waals surface area (Å²) in [5.74, 6) is 0.474. The summed E-state index contributed by atoms with van der Waals surface area (Å²) in [5, 5.41) is 0. The summed E-state index contributed by atoms with van der Waals surface area (Å²) in [5.41, 5.74) is 0. The Bertz CT molecular complexity index is 355. The molecule has 2 aromatic rings. The van der Waals surface area contributed by atoms with Crippen LogP contribution < -0.4 is 0 Å². The molecule has 0 aliphatic rings. The predicted octanol–water partition coefficient (Wildman–Crippen LogP) is 1.88. The molecule has 4 heteroatoms. The van der Waals surface area contributed by atoms with Gasteiger partial charge in [0.25, 0.3) is 0 Å². The molecule has 3 nitrogen and oxygen atoms in total. The minimum absolute atomic E-state index is 0.390. The fourth-order valence-corrected chi connectivity index (χ4v) is 0.845. The standard InChI is InChI=1S/C8H5FN2O/c9-6-4-10-8(11-5-6)7-2-1-3-12-7/h1-5H. The van der Waals surface area contributed by atoms with E-state index in [9.17, 15) is 4.39 Å². The van der Waals surface area contributed by atoms with E-state index in [-0.39, 0.29) is 0 Å². The highest BCUT2D eigenvalue weighted by atomic mass is 19.1. The normalized spacial score (nSPS) is 10.1. The van der Waals surface area contributed by atoms with E-state index < -0.39 is 5.82 Å². The number of rotatable bonds is 1. The lowest BCUT2D eigenvalue weighted by molar-refractivity contribution is 0.573. The van der Waals surface area contributed by atoms with Crippen LogP contribution in [0, 0.1) is 5.82 Å². The lowest BCUT2D eigenvalue weighted by atomic mass is 10.4. The van der Waals surface area contributed by atoms with Crippen LogP contribution in [0.25, 0.3) is 11.6 Å². The zero-order valence-corrected chi connectivity index (χ0v) is 6.07. The molecule has 0 saturated carbocycles. The van der Waals surface area contributed by atoms with Crippen molar-refractivity contribution in [1.82, 2.24) is 9.97 Å². The molecule has 0 N–H and O–H groups in total.